The van der Waals surface area contributed by atoms with Crippen LogP contribution in [0.1, 0.15) is 23.7 Å². The quantitative estimate of drug-likeness (QED) is 0.687. The van der Waals surface area contributed by atoms with Crippen LogP contribution in [-0.2, 0) is 12.8 Å². The smallest absolute Gasteiger partial charge is 0.232 e. The average Bonchev–Trinajstić information content (AvgIpc) is 3.03. The Bertz CT molecular complexity index is 972. The fraction of sp³-hybridized carbons (Fsp3) is 0.304. The second-order valence-corrected chi connectivity index (χ2v) is 7.27. The fourth-order valence-electron chi connectivity index (χ4n) is 3.78. The van der Waals surface area contributed by atoms with Crippen LogP contribution in [0.5, 0.6) is 5.75 Å². The van der Waals surface area contributed by atoms with Crippen LogP contribution in [0.3, 0.4) is 0 Å². The Kier molecular flexibility index (Phi) is 5.15. The second kappa shape index (κ2) is 7.89. The number of benzene rings is 2. The van der Waals surface area contributed by atoms with Crippen LogP contribution in [0.2, 0.25) is 0 Å². The van der Waals surface area contributed by atoms with E-state index in [1.807, 2.05) is 25.1 Å². The van der Waals surface area contributed by atoms with E-state index in [-0.39, 0.29) is 0 Å². The van der Waals surface area contributed by atoms with E-state index in [1.54, 1.807) is 7.11 Å². The summed E-state index contributed by atoms with van der Waals surface area (Å²) in [5.41, 5.74) is 4.76. The zero-order valence-electron chi connectivity index (χ0n) is 16.6. The molecule has 0 aliphatic carbocycles. The third-order valence-corrected chi connectivity index (χ3v) is 5.12. The summed E-state index contributed by atoms with van der Waals surface area (Å²) in [6.07, 6.45) is 1.92. The van der Waals surface area contributed by atoms with Gasteiger partial charge in [-0.25, -0.2) is 4.98 Å². The summed E-state index contributed by atoms with van der Waals surface area (Å²) in [5, 5.41) is 3.46. The number of ether oxygens (including phenoxy) is 1. The Morgan fingerprint density at radius 2 is 1.96 bits per heavy atom. The summed E-state index contributed by atoms with van der Waals surface area (Å²) in [7, 11) is 1.69. The second-order valence-electron chi connectivity index (χ2n) is 7.27. The van der Waals surface area contributed by atoms with E-state index in [0.29, 0.717) is 6.04 Å². The van der Waals surface area contributed by atoms with Crippen LogP contribution in [0.25, 0.3) is 0 Å². The third-order valence-electron chi connectivity index (χ3n) is 5.12. The van der Waals surface area contributed by atoms with Gasteiger partial charge in [0.15, 0.2) is 0 Å². The molecule has 2 heterocycles. The van der Waals surface area contributed by atoms with E-state index in [9.17, 15) is 0 Å². The fourth-order valence-corrected chi connectivity index (χ4v) is 3.78. The van der Waals surface area contributed by atoms with Crippen LogP contribution in [0.4, 0.5) is 17.5 Å². The van der Waals surface area contributed by atoms with Gasteiger partial charge in [0.1, 0.15) is 11.6 Å². The molecular weight excluding hydrogens is 348 g/mol. The van der Waals surface area contributed by atoms with Crippen LogP contribution in [0, 0.1) is 6.92 Å². The van der Waals surface area contributed by atoms with E-state index in [0.717, 1.165) is 42.6 Å². The molecule has 0 fully saturated rings. The molecule has 1 atom stereocenters. The Morgan fingerprint density at radius 1 is 1.11 bits per heavy atom. The summed E-state index contributed by atoms with van der Waals surface area (Å²) in [6, 6.07) is 19.0. The molecule has 5 nitrogen and oxygen atoms in total. The predicted octanol–water partition coefficient (Wildman–Crippen LogP) is 4.53. The first-order valence-electron chi connectivity index (χ1n) is 9.73. The maximum absolute atomic E-state index is 5.30. The minimum absolute atomic E-state index is 0.351. The summed E-state index contributed by atoms with van der Waals surface area (Å²) in [6.45, 7) is 5.04. The van der Waals surface area contributed by atoms with Gasteiger partial charge in [-0.2, -0.15) is 4.98 Å². The van der Waals surface area contributed by atoms with Gasteiger partial charge >= 0.3 is 0 Å². The van der Waals surface area contributed by atoms with Gasteiger partial charge < -0.3 is 15.0 Å². The molecule has 1 aliphatic rings. The SMILES string of the molecule is COc1cccc(CCNc2cc(C)nc(N3c4ccccc4CC3C)n2)c1. The van der Waals surface area contributed by atoms with Gasteiger partial charge in [-0.1, -0.05) is 30.3 Å². The molecule has 0 spiro atoms. The Morgan fingerprint density at radius 3 is 2.82 bits per heavy atom. The molecule has 0 radical (unpaired) electrons. The standard InChI is InChI=1S/C23H26N4O/c1-16-13-22(24-12-11-18-7-6-9-20(15-18)28-3)26-23(25-16)27-17(2)14-19-8-4-5-10-21(19)27/h4-10,13,15,17H,11-12,14H2,1-3H3,(H,24,25,26). The first-order chi connectivity index (χ1) is 13.6. The molecule has 0 amide bonds. The number of hydrogen-bond acceptors (Lipinski definition) is 5. The third kappa shape index (κ3) is 3.79. The zero-order chi connectivity index (χ0) is 19.5. The van der Waals surface area contributed by atoms with E-state index >= 15 is 0 Å². The van der Waals surface area contributed by atoms with Gasteiger partial charge in [-0.05, 0) is 56.0 Å². The van der Waals surface area contributed by atoms with Gasteiger partial charge in [-0.15, -0.1) is 0 Å². The van der Waals surface area contributed by atoms with Gasteiger partial charge in [-0.3, -0.25) is 0 Å². The number of aryl methyl sites for hydroxylation is 1. The van der Waals surface area contributed by atoms with Crippen LogP contribution in [0.15, 0.2) is 54.6 Å². The number of methoxy groups -OCH3 is 1. The average molecular weight is 374 g/mol. The molecule has 144 valence electrons. The minimum Gasteiger partial charge on any atom is -0.497 e. The number of hydrogen-bond donors (Lipinski definition) is 1. The normalized spacial score (nSPS) is 15.4. The maximum Gasteiger partial charge on any atom is 0.232 e. The number of aromatic nitrogens is 2. The monoisotopic (exact) mass is 374 g/mol. The summed E-state index contributed by atoms with van der Waals surface area (Å²) in [5.74, 6) is 2.52. The molecule has 5 heteroatoms. The van der Waals surface area contributed by atoms with Crippen LogP contribution < -0.4 is 15.0 Å². The number of rotatable bonds is 6. The lowest BCUT2D eigenvalue weighted by atomic mass is 10.1. The Balaban J connectivity index is 1.50. The number of nitrogens with zero attached hydrogens (tertiary/aromatic N) is 3. The van der Waals surface area contributed by atoms with E-state index in [4.69, 9.17) is 14.7 Å². The molecule has 0 saturated carbocycles. The first kappa shape index (κ1) is 18.3. The highest BCUT2D eigenvalue weighted by atomic mass is 16.5. The molecule has 0 bridgehead atoms. The molecular formula is C23H26N4O. The molecule has 1 aromatic heterocycles. The van der Waals surface area contributed by atoms with Crippen LogP contribution in [-0.4, -0.2) is 29.7 Å². The van der Waals surface area contributed by atoms with Crippen molar-refractivity contribution in [1.29, 1.82) is 0 Å². The van der Waals surface area contributed by atoms with Crippen molar-refractivity contribution in [2.45, 2.75) is 32.7 Å². The highest BCUT2D eigenvalue weighted by molar-refractivity contribution is 5.67. The lowest BCUT2D eigenvalue weighted by molar-refractivity contribution is 0.414. The van der Waals surface area contributed by atoms with Gasteiger partial charge in [0, 0.05) is 30.0 Å². The molecule has 1 N–H and O–H groups in total. The van der Waals surface area contributed by atoms with Crippen molar-refractivity contribution in [3.63, 3.8) is 0 Å². The maximum atomic E-state index is 5.30. The Hall–Kier alpha value is -3.08. The molecule has 1 aliphatic heterocycles. The topological polar surface area (TPSA) is 50.3 Å². The van der Waals surface area contributed by atoms with Gasteiger partial charge in [0.25, 0.3) is 0 Å². The number of nitrogens with one attached hydrogen (secondary N) is 1. The largest absolute Gasteiger partial charge is 0.497 e. The summed E-state index contributed by atoms with van der Waals surface area (Å²) < 4.78 is 5.30. The highest BCUT2D eigenvalue weighted by Crippen LogP contribution is 2.36. The van der Waals surface area contributed by atoms with Crippen molar-refractivity contribution < 1.29 is 4.74 Å². The van der Waals surface area contributed by atoms with Crippen molar-refractivity contribution in [2.75, 3.05) is 23.9 Å². The number of fused-ring (bicyclic) bond motifs is 1. The van der Waals surface area contributed by atoms with Crippen molar-refractivity contribution in [3.05, 3.63) is 71.4 Å². The molecule has 3 aromatic rings. The van der Waals surface area contributed by atoms with Crippen molar-refractivity contribution >= 4 is 17.5 Å². The molecule has 2 aromatic carbocycles. The Labute approximate surface area is 166 Å². The van der Waals surface area contributed by atoms with E-state index in [2.05, 4.69) is 53.5 Å². The lowest BCUT2D eigenvalue weighted by Gasteiger charge is -2.23. The van der Waals surface area contributed by atoms with Crippen molar-refractivity contribution in [3.8, 4) is 5.75 Å². The summed E-state index contributed by atoms with van der Waals surface area (Å²) in [4.78, 5) is 11.8. The van der Waals surface area contributed by atoms with Crippen LogP contribution >= 0.6 is 0 Å². The molecule has 4 rings (SSSR count). The van der Waals surface area contributed by atoms with E-state index in [1.165, 1.54) is 16.8 Å². The molecule has 0 saturated heterocycles. The number of para-hydroxylation sites is 1. The minimum atomic E-state index is 0.351. The predicted molar refractivity (Wildman–Crippen MR) is 114 cm³/mol. The van der Waals surface area contributed by atoms with Crippen molar-refractivity contribution in [1.82, 2.24) is 9.97 Å². The summed E-state index contributed by atoms with van der Waals surface area (Å²) >= 11 is 0. The van der Waals surface area contributed by atoms with Gasteiger partial charge in [0.2, 0.25) is 5.95 Å². The zero-order valence-corrected chi connectivity index (χ0v) is 16.6. The van der Waals surface area contributed by atoms with E-state index < -0.39 is 0 Å². The molecule has 28 heavy (non-hydrogen) atoms. The number of anilines is 3. The highest BCUT2D eigenvalue weighted by Gasteiger charge is 2.28. The lowest BCUT2D eigenvalue weighted by Crippen LogP contribution is -2.26. The van der Waals surface area contributed by atoms with Crippen molar-refractivity contribution in [2.24, 2.45) is 0 Å². The van der Waals surface area contributed by atoms with Gasteiger partial charge in [0.05, 0.1) is 7.11 Å². The first-order valence-corrected chi connectivity index (χ1v) is 9.73. The molecule has 1 unspecified atom stereocenters.